The number of aryl methyl sites for hydroxylation is 1. The van der Waals surface area contributed by atoms with Gasteiger partial charge in [0.25, 0.3) is 5.91 Å². The maximum Gasteiger partial charge on any atom is 0.290 e. The molecule has 0 aliphatic carbocycles. The monoisotopic (exact) mass is 295 g/mol. The summed E-state index contributed by atoms with van der Waals surface area (Å²) < 4.78 is 10.6. The fourth-order valence-electron chi connectivity index (χ4n) is 1.76. The Bertz CT molecular complexity index is 579. The van der Waals surface area contributed by atoms with E-state index in [1.807, 2.05) is 19.2 Å². The first kappa shape index (κ1) is 14.6. The number of nitrogens with zero attached hydrogens (tertiary/aromatic N) is 3. The van der Waals surface area contributed by atoms with Gasteiger partial charge < -0.3 is 13.8 Å². The minimum atomic E-state index is -0.171. The fraction of sp³-hybridized carbons (Fsp3) is 0.462. The van der Waals surface area contributed by atoms with Gasteiger partial charge in [-0.15, -0.1) is 0 Å². The van der Waals surface area contributed by atoms with E-state index in [2.05, 4.69) is 10.1 Å². The summed E-state index contributed by atoms with van der Waals surface area (Å²) in [6.07, 6.45) is 1.99. The maximum absolute atomic E-state index is 12.3. The lowest BCUT2D eigenvalue weighted by Gasteiger charge is -2.17. The topological polar surface area (TPSA) is 72.4 Å². The molecule has 0 unspecified atom stereocenters. The Morgan fingerprint density at radius 1 is 1.45 bits per heavy atom. The Labute approximate surface area is 121 Å². The second-order valence-corrected chi connectivity index (χ2v) is 5.12. The Hall–Kier alpha value is -1.76. The Morgan fingerprint density at radius 3 is 2.85 bits per heavy atom. The number of thioether (sulfide) groups is 1. The summed E-state index contributed by atoms with van der Waals surface area (Å²) in [5.41, 5.74) is 0. The second-order valence-electron chi connectivity index (χ2n) is 4.25. The molecule has 0 aliphatic heterocycles. The van der Waals surface area contributed by atoms with Gasteiger partial charge in [0.05, 0.1) is 5.75 Å². The molecule has 2 heterocycles. The van der Waals surface area contributed by atoms with Crippen LogP contribution in [0, 0.1) is 6.92 Å². The van der Waals surface area contributed by atoms with Crippen molar-refractivity contribution in [1.29, 1.82) is 0 Å². The third-order valence-corrected chi connectivity index (χ3v) is 3.30. The second kappa shape index (κ2) is 6.60. The summed E-state index contributed by atoms with van der Waals surface area (Å²) in [5, 5.41) is 3.71. The SMILES string of the molecule is CCN(Cc1nc(C)no1)C(=O)c1ccc(CSC)o1. The summed E-state index contributed by atoms with van der Waals surface area (Å²) >= 11 is 1.65. The molecule has 0 saturated carbocycles. The Kier molecular flexibility index (Phi) is 4.84. The molecule has 2 rings (SSSR count). The van der Waals surface area contributed by atoms with Crippen LogP contribution in [-0.2, 0) is 12.3 Å². The number of carbonyl (C=O) groups excluding carboxylic acids is 1. The standard InChI is InChI=1S/C13H17N3O3S/c1-4-16(7-12-14-9(2)15-19-12)13(17)11-6-5-10(18-11)8-20-3/h5-6H,4,7-8H2,1-3H3. The van der Waals surface area contributed by atoms with Gasteiger partial charge in [-0.1, -0.05) is 5.16 Å². The lowest BCUT2D eigenvalue weighted by atomic mass is 10.3. The maximum atomic E-state index is 12.3. The van der Waals surface area contributed by atoms with Gasteiger partial charge >= 0.3 is 0 Å². The van der Waals surface area contributed by atoms with Gasteiger partial charge in [-0.05, 0) is 32.2 Å². The molecular weight excluding hydrogens is 278 g/mol. The normalized spacial score (nSPS) is 10.8. The third kappa shape index (κ3) is 3.41. The van der Waals surface area contributed by atoms with Crippen LogP contribution in [0.4, 0.5) is 0 Å². The van der Waals surface area contributed by atoms with Crippen molar-refractivity contribution in [2.24, 2.45) is 0 Å². The van der Waals surface area contributed by atoms with Crippen LogP contribution in [0.1, 0.15) is 35.0 Å². The first-order chi connectivity index (χ1) is 9.63. The molecule has 2 aromatic rings. The van der Waals surface area contributed by atoms with Crippen LogP contribution in [0.5, 0.6) is 0 Å². The highest BCUT2D eigenvalue weighted by molar-refractivity contribution is 7.97. The van der Waals surface area contributed by atoms with Gasteiger partial charge in [-0.25, -0.2) is 0 Å². The zero-order valence-corrected chi connectivity index (χ0v) is 12.6. The fourth-order valence-corrected chi connectivity index (χ4v) is 2.20. The van der Waals surface area contributed by atoms with Crippen molar-refractivity contribution in [2.45, 2.75) is 26.1 Å². The summed E-state index contributed by atoms with van der Waals surface area (Å²) in [6.45, 7) is 4.47. The van der Waals surface area contributed by atoms with E-state index in [1.165, 1.54) is 0 Å². The molecule has 0 aliphatic rings. The number of carbonyl (C=O) groups is 1. The average molecular weight is 295 g/mol. The Balaban J connectivity index is 2.07. The molecule has 2 aromatic heterocycles. The molecule has 0 saturated heterocycles. The van der Waals surface area contributed by atoms with Gasteiger partial charge in [-0.2, -0.15) is 16.7 Å². The summed E-state index contributed by atoms with van der Waals surface area (Å²) in [6, 6.07) is 3.53. The largest absolute Gasteiger partial charge is 0.455 e. The minimum Gasteiger partial charge on any atom is -0.455 e. The molecule has 0 bridgehead atoms. The highest BCUT2D eigenvalue weighted by Crippen LogP contribution is 2.16. The quantitative estimate of drug-likeness (QED) is 0.815. The molecule has 20 heavy (non-hydrogen) atoms. The lowest BCUT2D eigenvalue weighted by Crippen LogP contribution is -2.30. The molecule has 0 aromatic carbocycles. The highest BCUT2D eigenvalue weighted by atomic mass is 32.2. The van der Waals surface area contributed by atoms with Crippen molar-refractivity contribution in [1.82, 2.24) is 15.0 Å². The average Bonchev–Trinajstić information content (AvgIpc) is 3.05. The van der Waals surface area contributed by atoms with E-state index in [9.17, 15) is 4.79 Å². The molecule has 7 heteroatoms. The van der Waals surface area contributed by atoms with E-state index in [4.69, 9.17) is 8.94 Å². The molecule has 0 fully saturated rings. The smallest absolute Gasteiger partial charge is 0.290 e. The zero-order chi connectivity index (χ0) is 14.5. The van der Waals surface area contributed by atoms with Crippen LogP contribution >= 0.6 is 11.8 Å². The van der Waals surface area contributed by atoms with E-state index in [0.29, 0.717) is 24.0 Å². The zero-order valence-electron chi connectivity index (χ0n) is 11.8. The van der Waals surface area contributed by atoms with E-state index in [-0.39, 0.29) is 12.5 Å². The minimum absolute atomic E-state index is 0.171. The number of furan rings is 1. The van der Waals surface area contributed by atoms with Gasteiger partial charge in [0.1, 0.15) is 12.3 Å². The number of aromatic nitrogens is 2. The van der Waals surface area contributed by atoms with Gasteiger partial charge in [-0.3, -0.25) is 4.79 Å². The van der Waals surface area contributed by atoms with Crippen LogP contribution in [0.25, 0.3) is 0 Å². The first-order valence-electron chi connectivity index (χ1n) is 6.30. The molecular formula is C13H17N3O3S. The highest BCUT2D eigenvalue weighted by Gasteiger charge is 2.20. The van der Waals surface area contributed by atoms with Crippen molar-refractivity contribution in [3.8, 4) is 0 Å². The number of hydrogen-bond donors (Lipinski definition) is 0. The van der Waals surface area contributed by atoms with Gasteiger partial charge in [0, 0.05) is 6.54 Å². The Morgan fingerprint density at radius 2 is 2.25 bits per heavy atom. The van der Waals surface area contributed by atoms with Crippen LogP contribution in [0.2, 0.25) is 0 Å². The van der Waals surface area contributed by atoms with Crippen LogP contribution in [-0.4, -0.2) is 33.7 Å². The van der Waals surface area contributed by atoms with E-state index in [1.54, 1.807) is 29.7 Å². The number of hydrogen-bond acceptors (Lipinski definition) is 6. The van der Waals surface area contributed by atoms with E-state index >= 15 is 0 Å². The van der Waals surface area contributed by atoms with Gasteiger partial charge in [0.2, 0.25) is 5.89 Å². The first-order valence-corrected chi connectivity index (χ1v) is 7.69. The predicted octanol–water partition coefficient (Wildman–Crippen LogP) is 2.50. The van der Waals surface area contributed by atoms with Crippen LogP contribution in [0.3, 0.4) is 0 Å². The molecule has 6 nitrogen and oxygen atoms in total. The molecule has 0 N–H and O–H groups in total. The van der Waals surface area contributed by atoms with Crippen molar-refractivity contribution in [3.05, 3.63) is 35.4 Å². The van der Waals surface area contributed by atoms with Crippen molar-refractivity contribution in [3.63, 3.8) is 0 Å². The molecule has 1 amide bonds. The van der Waals surface area contributed by atoms with Crippen molar-refractivity contribution >= 4 is 17.7 Å². The third-order valence-electron chi connectivity index (χ3n) is 2.72. The van der Waals surface area contributed by atoms with Crippen molar-refractivity contribution in [2.75, 3.05) is 12.8 Å². The van der Waals surface area contributed by atoms with Crippen LogP contribution < -0.4 is 0 Å². The van der Waals surface area contributed by atoms with Crippen molar-refractivity contribution < 1.29 is 13.7 Å². The number of amides is 1. The molecule has 0 atom stereocenters. The summed E-state index contributed by atoms with van der Waals surface area (Å²) in [7, 11) is 0. The molecule has 108 valence electrons. The lowest BCUT2D eigenvalue weighted by molar-refractivity contribution is 0.0701. The van der Waals surface area contributed by atoms with Gasteiger partial charge in [0.15, 0.2) is 11.6 Å². The van der Waals surface area contributed by atoms with E-state index in [0.717, 1.165) is 11.5 Å². The molecule has 0 spiro atoms. The van der Waals surface area contributed by atoms with Crippen LogP contribution in [0.15, 0.2) is 21.1 Å². The molecule has 0 radical (unpaired) electrons. The summed E-state index contributed by atoms with van der Waals surface area (Å²) in [5.74, 6) is 2.70. The van der Waals surface area contributed by atoms with E-state index < -0.39 is 0 Å². The predicted molar refractivity (Wildman–Crippen MR) is 75.4 cm³/mol. The number of rotatable bonds is 6. The summed E-state index contributed by atoms with van der Waals surface area (Å²) in [4.78, 5) is 18.0.